The molecule has 2 rings (SSSR count). The van der Waals surface area contributed by atoms with Crippen LogP contribution in [0.5, 0.6) is 0 Å². The average Bonchev–Trinajstić information content (AvgIpc) is 2.78. The molecule has 4 nitrogen and oxygen atoms in total. The maximum absolute atomic E-state index is 4.53. The number of nitrogens with one attached hydrogen (secondary N) is 1. The maximum atomic E-state index is 4.53. The fourth-order valence-corrected chi connectivity index (χ4v) is 2.19. The third-order valence-corrected chi connectivity index (χ3v) is 3.27. The number of aryl methyl sites for hydroxylation is 1. The largest absolute Gasteiger partial charge is 0.306 e. The van der Waals surface area contributed by atoms with Crippen LogP contribution in [0.1, 0.15) is 49.6 Å². The number of nitrogens with zero attached hydrogens (tertiary/aromatic N) is 3. The summed E-state index contributed by atoms with van der Waals surface area (Å²) < 4.78 is 1.89. The van der Waals surface area contributed by atoms with E-state index in [-0.39, 0.29) is 6.04 Å². The molecule has 2 aromatic heterocycles. The number of rotatable bonds is 5. The van der Waals surface area contributed by atoms with Crippen molar-refractivity contribution in [2.45, 2.75) is 39.3 Å². The van der Waals surface area contributed by atoms with Crippen molar-refractivity contribution in [2.24, 2.45) is 7.05 Å². The van der Waals surface area contributed by atoms with Gasteiger partial charge in [-0.25, -0.2) is 0 Å². The highest BCUT2D eigenvalue weighted by atomic mass is 15.3. The van der Waals surface area contributed by atoms with E-state index in [1.54, 1.807) is 6.20 Å². The van der Waals surface area contributed by atoms with Gasteiger partial charge in [0, 0.05) is 43.8 Å². The second kappa shape index (κ2) is 5.97. The summed E-state index contributed by atoms with van der Waals surface area (Å²) in [4.78, 5) is 4.15. The molecule has 0 radical (unpaired) electrons. The maximum Gasteiger partial charge on any atom is 0.0694 e. The molecule has 1 N–H and O–H groups in total. The number of hydrogen-bond donors (Lipinski definition) is 1. The van der Waals surface area contributed by atoms with Crippen LogP contribution in [0.25, 0.3) is 0 Å². The van der Waals surface area contributed by atoms with Crippen molar-refractivity contribution in [2.75, 3.05) is 0 Å². The summed E-state index contributed by atoms with van der Waals surface area (Å²) in [6.07, 6.45) is 5.80. The lowest BCUT2D eigenvalue weighted by molar-refractivity contribution is 0.569. The summed E-state index contributed by atoms with van der Waals surface area (Å²) in [7, 11) is 1.97. The predicted octanol–water partition coefficient (Wildman–Crippen LogP) is 2.79. The van der Waals surface area contributed by atoms with Crippen LogP contribution >= 0.6 is 0 Å². The monoisotopic (exact) mass is 258 g/mol. The molecule has 0 fully saturated rings. The van der Waals surface area contributed by atoms with E-state index in [0.29, 0.717) is 5.92 Å². The minimum Gasteiger partial charge on any atom is -0.306 e. The Morgan fingerprint density at radius 1 is 1.32 bits per heavy atom. The normalized spacial score (nSPS) is 12.9. The van der Waals surface area contributed by atoms with Gasteiger partial charge in [-0.15, -0.1) is 0 Å². The molecule has 4 heteroatoms. The zero-order valence-electron chi connectivity index (χ0n) is 12.1. The molecule has 0 spiro atoms. The Morgan fingerprint density at radius 3 is 2.74 bits per heavy atom. The predicted molar refractivity (Wildman–Crippen MR) is 76.8 cm³/mol. The highest BCUT2D eigenvalue weighted by Crippen LogP contribution is 2.18. The first-order valence-electron chi connectivity index (χ1n) is 6.73. The van der Waals surface area contributed by atoms with E-state index in [1.165, 1.54) is 16.8 Å². The van der Waals surface area contributed by atoms with Gasteiger partial charge in [-0.05, 0) is 24.5 Å². The van der Waals surface area contributed by atoms with Gasteiger partial charge in [0.2, 0.25) is 0 Å². The van der Waals surface area contributed by atoms with Crippen LogP contribution in [0.3, 0.4) is 0 Å². The van der Waals surface area contributed by atoms with Gasteiger partial charge in [0.15, 0.2) is 0 Å². The SMILES string of the molecule is CC(C)c1nn(C)cc1CN[C@H](C)c1cccnc1. The van der Waals surface area contributed by atoms with Gasteiger partial charge in [0.05, 0.1) is 5.69 Å². The molecule has 0 unspecified atom stereocenters. The number of hydrogen-bond acceptors (Lipinski definition) is 3. The van der Waals surface area contributed by atoms with Crippen LogP contribution in [0.15, 0.2) is 30.7 Å². The molecule has 0 aliphatic carbocycles. The van der Waals surface area contributed by atoms with Crippen molar-refractivity contribution in [3.05, 3.63) is 47.5 Å². The van der Waals surface area contributed by atoms with E-state index in [0.717, 1.165) is 6.54 Å². The van der Waals surface area contributed by atoms with Crippen LogP contribution in [-0.2, 0) is 13.6 Å². The summed E-state index contributed by atoms with van der Waals surface area (Å²) in [6, 6.07) is 4.35. The molecule has 0 amide bonds. The number of pyridine rings is 1. The first kappa shape index (κ1) is 13.7. The van der Waals surface area contributed by atoms with Crippen molar-refractivity contribution < 1.29 is 0 Å². The third kappa shape index (κ3) is 3.41. The molecule has 2 heterocycles. The van der Waals surface area contributed by atoms with Crippen LogP contribution < -0.4 is 5.32 Å². The van der Waals surface area contributed by atoms with E-state index in [1.807, 2.05) is 24.0 Å². The van der Waals surface area contributed by atoms with Gasteiger partial charge in [-0.3, -0.25) is 9.67 Å². The minimum absolute atomic E-state index is 0.286. The fourth-order valence-electron chi connectivity index (χ4n) is 2.19. The molecule has 0 bridgehead atoms. The van der Waals surface area contributed by atoms with Gasteiger partial charge >= 0.3 is 0 Å². The van der Waals surface area contributed by atoms with Crippen molar-refractivity contribution in [1.29, 1.82) is 0 Å². The van der Waals surface area contributed by atoms with Crippen LogP contribution in [0.4, 0.5) is 0 Å². The smallest absolute Gasteiger partial charge is 0.0694 e. The Hall–Kier alpha value is -1.68. The molecule has 102 valence electrons. The number of aromatic nitrogens is 3. The molecule has 2 aromatic rings. The quantitative estimate of drug-likeness (QED) is 0.896. The molecule has 0 saturated heterocycles. The lowest BCUT2D eigenvalue weighted by Gasteiger charge is -2.14. The average molecular weight is 258 g/mol. The van der Waals surface area contributed by atoms with E-state index >= 15 is 0 Å². The fraction of sp³-hybridized carbons (Fsp3) is 0.467. The van der Waals surface area contributed by atoms with Gasteiger partial charge in [-0.2, -0.15) is 5.10 Å². The van der Waals surface area contributed by atoms with E-state index in [2.05, 4.69) is 48.4 Å². The Morgan fingerprint density at radius 2 is 2.11 bits per heavy atom. The standard InChI is InChI=1S/C15H22N4/c1-11(2)15-14(10-19(4)18-15)9-17-12(3)13-6-5-7-16-8-13/h5-8,10-12,17H,9H2,1-4H3/t12-/m1/s1. The summed E-state index contributed by atoms with van der Waals surface area (Å²) >= 11 is 0. The van der Waals surface area contributed by atoms with E-state index in [4.69, 9.17) is 0 Å². The molecular weight excluding hydrogens is 236 g/mol. The Balaban J connectivity index is 2.03. The van der Waals surface area contributed by atoms with E-state index < -0.39 is 0 Å². The highest BCUT2D eigenvalue weighted by Gasteiger charge is 2.12. The molecule has 0 saturated carbocycles. The zero-order valence-corrected chi connectivity index (χ0v) is 12.1. The van der Waals surface area contributed by atoms with Crippen molar-refractivity contribution >= 4 is 0 Å². The lowest BCUT2D eigenvalue weighted by atomic mass is 10.1. The topological polar surface area (TPSA) is 42.7 Å². The molecule has 19 heavy (non-hydrogen) atoms. The Kier molecular flexibility index (Phi) is 4.32. The molecule has 0 aromatic carbocycles. The first-order valence-corrected chi connectivity index (χ1v) is 6.73. The third-order valence-electron chi connectivity index (χ3n) is 3.27. The minimum atomic E-state index is 0.286. The van der Waals surface area contributed by atoms with Crippen LogP contribution in [-0.4, -0.2) is 14.8 Å². The van der Waals surface area contributed by atoms with Crippen molar-refractivity contribution in [3.8, 4) is 0 Å². The lowest BCUT2D eigenvalue weighted by Crippen LogP contribution is -2.18. The van der Waals surface area contributed by atoms with Crippen LogP contribution in [0, 0.1) is 0 Å². The summed E-state index contributed by atoms with van der Waals surface area (Å²) in [5.74, 6) is 0.451. The molecular formula is C15H22N4. The second-order valence-corrected chi connectivity index (χ2v) is 5.26. The van der Waals surface area contributed by atoms with Gasteiger partial charge < -0.3 is 5.32 Å². The Bertz CT molecular complexity index is 516. The Labute approximate surface area is 114 Å². The van der Waals surface area contributed by atoms with Gasteiger partial charge in [0.25, 0.3) is 0 Å². The molecule has 1 atom stereocenters. The van der Waals surface area contributed by atoms with Gasteiger partial charge in [0.1, 0.15) is 0 Å². The zero-order chi connectivity index (χ0) is 13.8. The molecule has 0 aliphatic heterocycles. The van der Waals surface area contributed by atoms with Gasteiger partial charge in [-0.1, -0.05) is 19.9 Å². The van der Waals surface area contributed by atoms with E-state index in [9.17, 15) is 0 Å². The highest BCUT2D eigenvalue weighted by molar-refractivity contribution is 5.21. The van der Waals surface area contributed by atoms with Crippen LogP contribution in [0.2, 0.25) is 0 Å². The van der Waals surface area contributed by atoms with Crippen molar-refractivity contribution in [3.63, 3.8) is 0 Å². The summed E-state index contributed by atoms with van der Waals surface area (Å²) in [6.45, 7) is 7.34. The molecule has 0 aliphatic rings. The first-order chi connectivity index (χ1) is 9.08. The van der Waals surface area contributed by atoms with Crippen molar-refractivity contribution in [1.82, 2.24) is 20.1 Å². The summed E-state index contributed by atoms with van der Waals surface area (Å²) in [5.41, 5.74) is 3.65. The second-order valence-electron chi connectivity index (χ2n) is 5.26. The summed E-state index contributed by atoms with van der Waals surface area (Å²) in [5, 5.41) is 8.06.